The first kappa shape index (κ1) is 12.7. The van der Waals surface area contributed by atoms with Crippen LogP contribution in [0.25, 0.3) is 0 Å². The van der Waals surface area contributed by atoms with Crippen molar-refractivity contribution in [2.75, 3.05) is 5.75 Å². The Morgan fingerprint density at radius 2 is 2.22 bits per heavy atom. The zero-order valence-electron chi connectivity index (χ0n) is 8.95. The zero-order valence-corrected chi connectivity index (χ0v) is 10.6. The summed E-state index contributed by atoms with van der Waals surface area (Å²) in [6.07, 6.45) is 2.54. The predicted molar refractivity (Wildman–Crippen MR) is 68.2 cm³/mol. The second-order valence-electron chi connectivity index (χ2n) is 3.67. The minimum atomic E-state index is -3.19. The van der Waals surface area contributed by atoms with E-state index in [1.165, 1.54) is 6.08 Å². The fraction of sp³-hybridized carbons (Fsp3) is 0.222. The number of hydrogen-bond donors (Lipinski definition) is 3. The van der Waals surface area contributed by atoms with Gasteiger partial charge in [-0.1, -0.05) is 0 Å². The third-order valence-electron chi connectivity index (χ3n) is 2.26. The van der Waals surface area contributed by atoms with Crippen molar-refractivity contribution in [3.8, 4) is 5.88 Å². The molecule has 18 heavy (non-hydrogen) atoms. The average molecular weight is 287 g/mol. The van der Waals surface area contributed by atoms with Crippen molar-refractivity contribution in [2.24, 2.45) is 4.99 Å². The number of hydrogen-bond acceptors (Lipinski definition) is 6. The van der Waals surface area contributed by atoms with Crippen molar-refractivity contribution in [1.29, 1.82) is 0 Å². The van der Waals surface area contributed by atoms with Crippen molar-refractivity contribution in [1.82, 2.24) is 9.97 Å². The summed E-state index contributed by atoms with van der Waals surface area (Å²) in [7, 11) is -3.19. The molecule has 0 saturated heterocycles. The first-order valence-electron chi connectivity index (χ1n) is 4.87. The van der Waals surface area contributed by atoms with E-state index in [4.69, 9.17) is 0 Å². The van der Waals surface area contributed by atoms with Gasteiger partial charge in [-0.15, -0.1) is 0 Å². The summed E-state index contributed by atoms with van der Waals surface area (Å²) in [5.74, 6) is -0.539. The Bertz CT molecular complexity index is 742. The summed E-state index contributed by atoms with van der Waals surface area (Å²) in [6.45, 7) is 0. The lowest BCUT2D eigenvalue weighted by Gasteiger charge is -2.00. The Morgan fingerprint density at radius 1 is 1.50 bits per heavy atom. The minimum Gasteiger partial charge on any atom is -0.494 e. The van der Waals surface area contributed by atoms with E-state index in [0.29, 0.717) is 0 Å². The SMILES string of the molecule is O=c1[nH]c(=S)[nH]c(O)c1C=NC1C=CS(=O)(=O)C1. The summed E-state index contributed by atoms with van der Waals surface area (Å²) in [6, 6.07) is -0.544. The second kappa shape index (κ2) is 4.50. The molecule has 1 atom stereocenters. The maximum Gasteiger partial charge on any atom is 0.264 e. The molecule has 1 unspecified atom stereocenters. The van der Waals surface area contributed by atoms with E-state index in [1.54, 1.807) is 0 Å². The van der Waals surface area contributed by atoms with Crippen molar-refractivity contribution in [3.63, 3.8) is 0 Å². The number of rotatable bonds is 2. The van der Waals surface area contributed by atoms with Crippen LogP contribution in [0, 0.1) is 4.77 Å². The van der Waals surface area contributed by atoms with Crippen LogP contribution in [0.5, 0.6) is 5.88 Å². The summed E-state index contributed by atoms with van der Waals surface area (Å²) in [5.41, 5.74) is -0.689. The van der Waals surface area contributed by atoms with Crippen LogP contribution in [0.15, 0.2) is 21.3 Å². The lowest BCUT2D eigenvalue weighted by Crippen LogP contribution is -2.15. The van der Waals surface area contributed by atoms with Gasteiger partial charge in [0.1, 0.15) is 5.56 Å². The number of nitrogens with zero attached hydrogens (tertiary/aromatic N) is 1. The van der Waals surface area contributed by atoms with Gasteiger partial charge in [0, 0.05) is 11.6 Å². The molecule has 0 radical (unpaired) electrons. The molecule has 7 nitrogen and oxygen atoms in total. The Labute approximate surface area is 107 Å². The van der Waals surface area contributed by atoms with Gasteiger partial charge in [0.15, 0.2) is 14.6 Å². The summed E-state index contributed by atoms with van der Waals surface area (Å²) in [5, 5.41) is 10.6. The Morgan fingerprint density at radius 3 is 2.78 bits per heavy atom. The first-order valence-corrected chi connectivity index (χ1v) is 6.99. The quantitative estimate of drug-likeness (QED) is 0.517. The molecule has 0 aliphatic carbocycles. The number of sulfone groups is 1. The Kier molecular flexibility index (Phi) is 3.18. The maximum absolute atomic E-state index is 11.5. The monoisotopic (exact) mass is 287 g/mol. The van der Waals surface area contributed by atoms with Gasteiger partial charge >= 0.3 is 0 Å². The summed E-state index contributed by atoms with van der Waals surface area (Å²) >= 11 is 4.66. The lowest BCUT2D eigenvalue weighted by molar-refractivity contribution is 0.449. The molecule has 0 spiro atoms. The molecule has 2 heterocycles. The molecule has 3 N–H and O–H groups in total. The van der Waals surface area contributed by atoms with Gasteiger partial charge in [-0.2, -0.15) is 0 Å². The van der Waals surface area contributed by atoms with Crippen molar-refractivity contribution in [3.05, 3.63) is 32.2 Å². The second-order valence-corrected chi connectivity index (χ2v) is 6.01. The molecule has 1 aromatic heterocycles. The zero-order chi connectivity index (χ0) is 13.3. The molecule has 96 valence electrons. The van der Waals surface area contributed by atoms with Crippen LogP contribution in [0.4, 0.5) is 0 Å². The number of nitrogens with one attached hydrogen (secondary N) is 2. The van der Waals surface area contributed by atoms with E-state index < -0.39 is 27.3 Å². The van der Waals surface area contributed by atoms with Crippen LogP contribution in [-0.4, -0.2) is 41.5 Å². The third-order valence-corrected chi connectivity index (χ3v) is 3.85. The molecule has 2 rings (SSSR count). The molecule has 0 aromatic carbocycles. The van der Waals surface area contributed by atoms with Gasteiger partial charge in [-0.25, -0.2) is 8.42 Å². The normalized spacial score (nSPS) is 21.7. The Hall–Kier alpha value is -1.74. The smallest absolute Gasteiger partial charge is 0.264 e. The molecule has 0 amide bonds. The topological polar surface area (TPSA) is 115 Å². The highest BCUT2D eigenvalue weighted by molar-refractivity contribution is 7.94. The van der Waals surface area contributed by atoms with Crippen LogP contribution >= 0.6 is 12.2 Å². The number of aromatic nitrogens is 2. The average Bonchev–Trinajstić information content (AvgIpc) is 2.56. The number of aromatic hydroxyl groups is 1. The van der Waals surface area contributed by atoms with Gasteiger partial charge in [-0.05, 0) is 18.3 Å². The molecule has 1 aliphatic heterocycles. The third kappa shape index (κ3) is 2.74. The van der Waals surface area contributed by atoms with Crippen LogP contribution < -0.4 is 5.56 Å². The highest BCUT2D eigenvalue weighted by atomic mass is 32.2. The molecular weight excluding hydrogens is 278 g/mol. The van der Waals surface area contributed by atoms with E-state index in [9.17, 15) is 18.3 Å². The molecule has 0 bridgehead atoms. The standard InChI is InChI=1S/C9H9N3O4S2/c13-7-6(8(14)12-9(17)11-7)3-10-5-1-2-18(15,16)4-5/h1-3,5H,4H2,(H3,11,12,13,14,17). The molecule has 1 aliphatic rings. The van der Waals surface area contributed by atoms with E-state index in [0.717, 1.165) is 11.6 Å². The highest BCUT2D eigenvalue weighted by Gasteiger charge is 2.20. The largest absolute Gasteiger partial charge is 0.494 e. The fourth-order valence-electron chi connectivity index (χ4n) is 1.43. The number of aliphatic imine (C=N–C) groups is 1. The van der Waals surface area contributed by atoms with E-state index >= 15 is 0 Å². The van der Waals surface area contributed by atoms with Crippen molar-refractivity contribution in [2.45, 2.75) is 6.04 Å². The number of aromatic amines is 2. The first-order chi connectivity index (χ1) is 8.37. The van der Waals surface area contributed by atoms with Crippen molar-refractivity contribution < 1.29 is 13.5 Å². The molecule has 9 heteroatoms. The molecular formula is C9H9N3O4S2. The predicted octanol–water partition coefficient (Wildman–Crippen LogP) is -0.132. The van der Waals surface area contributed by atoms with Gasteiger partial charge in [0.05, 0.1) is 11.8 Å². The minimum absolute atomic E-state index is 0.00186. The number of H-pyrrole nitrogens is 2. The van der Waals surface area contributed by atoms with Crippen LogP contribution in [-0.2, 0) is 9.84 Å². The molecule has 1 aromatic rings. The summed E-state index contributed by atoms with van der Waals surface area (Å²) < 4.78 is 22.3. The van der Waals surface area contributed by atoms with Crippen LogP contribution in [0.1, 0.15) is 5.56 Å². The lowest BCUT2D eigenvalue weighted by atomic mass is 10.3. The molecule has 0 fully saturated rings. The van der Waals surface area contributed by atoms with Gasteiger partial charge < -0.3 is 10.1 Å². The Balaban J connectivity index is 2.29. The molecule has 0 saturated carbocycles. The van der Waals surface area contributed by atoms with Crippen LogP contribution in [0.3, 0.4) is 0 Å². The van der Waals surface area contributed by atoms with Crippen LogP contribution in [0.2, 0.25) is 0 Å². The van der Waals surface area contributed by atoms with E-state index in [1.807, 2.05) is 0 Å². The van der Waals surface area contributed by atoms with Gasteiger partial charge in [-0.3, -0.25) is 14.8 Å². The summed E-state index contributed by atoms with van der Waals surface area (Å²) in [4.78, 5) is 20.0. The maximum atomic E-state index is 11.5. The van der Waals surface area contributed by atoms with Gasteiger partial charge in [0.2, 0.25) is 5.88 Å². The van der Waals surface area contributed by atoms with E-state index in [2.05, 4.69) is 27.2 Å². The highest BCUT2D eigenvalue weighted by Crippen LogP contribution is 2.12. The van der Waals surface area contributed by atoms with Gasteiger partial charge in [0.25, 0.3) is 5.56 Å². The van der Waals surface area contributed by atoms with Crippen molar-refractivity contribution >= 4 is 28.3 Å². The van der Waals surface area contributed by atoms with E-state index in [-0.39, 0.29) is 16.1 Å². The fourth-order valence-corrected chi connectivity index (χ4v) is 2.82.